The lowest BCUT2D eigenvalue weighted by Crippen LogP contribution is -1.98. The van der Waals surface area contributed by atoms with E-state index in [-0.39, 0.29) is 0 Å². The lowest BCUT2D eigenvalue weighted by atomic mass is 9.84. The van der Waals surface area contributed by atoms with Gasteiger partial charge in [-0.15, -0.1) is 0 Å². The molecule has 0 bridgehead atoms. The molecule has 0 atom stereocenters. The van der Waals surface area contributed by atoms with Crippen molar-refractivity contribution < 1.29 is 0 Å². The van der Waals surface area contributed by atoms with E-state index in [4.69, 9.17) is 4.98 Å². The van der Waals surface area contributed by atoms with Gasteiger partial charge in [0.05, 0.1) is 11.0 Å². The monoisotopic (exact) mass is 648 g/mol. The van der Waals surface area contributed by atoms with Gasteiger partial charge in [0.2, 0.25) is 0 Å². The second kappa shape index (κ2) is 12.0. The molecule has 238 valence electrons. The lowest BCUT2D eigenvalue weighted by molar-refractivity contribution is 1.10. The van der Waals surface area contributed by atoms with Crippen molar-refractivity contribution in [1.29, 1.82) is 0 Å². The van der Waals surface area contributed by atoms with E-state index < -0.39 is 0 Å². The number of rotatable bonds is 5. The zero-order valence-corrected chi connectivity index (χ0v) is 27.9. The Morgan fingerprint density at radius 1 is 0.353 bits per heavy atom. The Bertz CT molecular complexity index is 2880. The molecule has 0 amide bonds. The Morgan fingerprint density at radius 2 is 0.922 bits per heavy atom. The standard InChI is InChI=1S/C49H32N2/c1-3-14-33(15-4-1)34-26-28-36(29-27-34)47-41-21-9-10-22-42(41)48(40-23-13-17-35-16-7-8-20-39(35)40)43-31-30-37(32-44(43)47)49-50-45-24-11-12-25-46(45)51(49)38-18-5-2-6-19-38/h1-32H. The quantitative estimate of drug-likeness (QED) is 0.170. The van der Waals surface area contributed by atoms with Crippen LogP contribution in [-0.2, 0) is 0 Å². The summed E-state index contributed by atoms with van der Waals surface area (Å²) < 4.78 is 2.29. The van der Waals surface area contributed by atoms with Gasteiger partial charge in [0, 0.05) is 11.3 Å². The van der Waals surface area contributed by atoms with Crippen LogP contribution in [0.25, 0.3) is 93.8 Å². The second-order valence-electron chi connectivity index (χ2n) is 13.1. The summed E-state index contributed by atoms with van der Waals surface area (Å²) in [6.07, 6.45) is 0. The van der Waals surface area contributed by atoms with Crippen LogP contribution >= 0.6 is 0 Å². The van der Waals surface area contributed by atoms with Gasteiger partial charge in [-0.25, -0.2) is 4.98 Å². The first-order valence-electron chi connectivity index (χ1n) is 17.5. The first-order valence-corrected chi connectivity index (χ1v) is 17.5. The maximum absolute atomic E-state index is 5.26. The number of aromatic nitrogens is 2. The summed E-state index contributed by atoms with van der Waals surface area (Å²) in [6.45, 7) is 0. The fourth-order valence-corrected chi connectivity index (χ4v) is 7.88. The van der Waals surface area contributed by atoms with Gasteiger partial charge in [0.15, 0.2) is 0 Å². The second-order valence-corrected chi connectivity index (χ2v) is 13.1. The minimum Gasteiger partial charge on any atom is -0.292 e. The van der Waals surface area contributed by atoms with Crippen LogP contribution in [0.5, 0.6) is 0 Å². The molecule has 10 rings (SSSR count). The first-order chi connectivity index (χ1) is 25.3. The van der Waals surface area contributed by atoms with Gasteiger partial charge in [-0.05, 0) is 96.0 Å². The number of hydrogen-bond acceptors (Lipinski definition) is 1. The van der Waals surface area contributed by atoms with Crippen molar-refractivity contribution >= 4 is 43.4 Å². The van der Waals surface area contributed by atoms with Gasteiger partial charge in [-0.2, -0.15) is 0 Å². The summed E-state index contributed by atoms with van der Waals surface area (Å²) in [5.74, 6) is 0.926. The molecule has 1 heterocycles. The van der Waals surface area contributed by atoms with E-state index in [1.165, 1.54) is 65.7 Å². The molecule has 0 aliphatic carbocycles. The van der Waals surface area contributed by atoms with Gasteiger partial charge >= 0.3 is 0 Å². The first kappa shape index (κ1) is 29.2. The summed E-state index contributed by atoms with van der Waals surface area (Å²) >= 11 is 0. The van der Waals surface area contributed by atoms with Crippen molar-refractivity contribution in [2.75, 3.05) is 0 Å². The highest BCUT2D eigenvalue weighted by molar-refractivity contribution is 6.24. The highest BCUT2D eigenvalue weighted by Gasteiger charge is 2.21. The van der Waals surface area contributed by atoms with Crippen LogP contribution in [0, 0.1) is 0 Å². The largest absolute Gasteiger partial charge is 0.292 e. The molecule has 0 aliphatic heterocycles. The molecular weight excluding hydrogens is 617 g/mol. The molecule has 0 unspecified atom stereocenters. The molecule has 9 aromatic carbocycles. The zero-order chi connectivity index (χ0) is 33.7. The van der Waals surface area contributed by atoms with E-state index in [0.29, 0.717) is 0 Å². The SMILES string of the molecule is c1ccc(-c2ccc(-c3c4ccccc4c(-c4cccc5ccccc45)c4ccc(-c5nc6ccccc6n5-c5ccccc5)cc34)cc2)cc1. The Hall–Kier alpha value is -6.77. The molecule has 10 aromatic rings. The fraction of sp³-hybridized carbons (Fsp3) is 0. The number of imidazole rings is 1. The molecule has 0 saturated heterocycles. The molecule has 0 N–H and O–H groups in total. The summed E-state index contributed by atoms with van der Waals surface area (Å²) in [4.78, 5) is 5.26. The summed E-state index contributed by atoms with van der Waals surface area (Å²) in [5.41, 5.74) is 11.6. The molecule has 0 saturated carbocycles. The van der Waals surface area contributed by atoms with E-state index in [2.05, 4.69) is 199 Å². The third kappa shape index (κ3) is 4.84. The topological polar surface area (TPSA) is 17.8 Å². The number of benzene rings is 9. The third-order valence-electron chi connectivity index (χ3n) is 10.2. The minimum atomic E-state index is 0.926. The predicted octanol–water partition coefficient (Wildman–Crippen LogP) is 13.2. The van der Waals surface area contributed by atoms with Gasteiger partial charge in [0.25, 0.3) is 0 Å². The average Bonchev–Trinajstić information content (AvgIpc) is 3.60. The van der Waals surface area contributed by atoms with Gasteiger partial charge < -0.3 is 0 Å². The van der Waals surface area contributed by atoms with Gasteiger partial charge in [0.1, 0.15) is 5.82 Å². The van der Waals surface area contributed by atoms with Crippen LogP contribution in [0.1, 0.15) is 0 Å². The Kier molecular flexibility index (Phi) is 6.85. The fourth-order valence-electron chi connectivity index (χ4n) is 7.88. The molecular formula is C49H32N2. The highest BCUT2D eigenvalue weighted by atomic mass is 15.1. The Balaban J connectivity index is 1.30. The number of hydrogen-bond donors (Lipinski definition) is 0. The van der Waals surface area contributed by atoms with E-state index in [0.717, 1.165) is 28.1 Å². The minimum absolute atomic E-state index is 0.926. The molecule has 0 fully saturated rings. The maximum atomic E-state index is 5.26. The van der Waals surface area contributed by atoms with Crippen LogP contribution < -0.4 is 0 Å². The summed E-state index contributed by atoms with van der Waals surface area (Å²) in [5, 5.41) is 7.39. The van der Waals surface area contributed by atoms with Gasteiger partial charge in [-0.1, -0.05) is 164 Å². The average molecular weight is 649 g/mol. The van der Waals surface area contributed by atoms with E-state index >= 15 is 0 Å². The van der Waals surface area contributed by atoms with Crippen LogP contribution in [0.2, 0.25) is 0 Å². The number of para-hydroxylation sites is 3. The van der Waals surface area contributed by atoms with E-state index in [1.54, 1.807) is 0 Å². The van der Waals surface area contributed by atoms with Crippen LogP contribution in [0.3, 0.4) is 0 Å². The lowest BCUT2D eigenvalue weighted by Gasteiger charge is -2.20. The van der Waals surface area contributed by atoms with Crippen molar-refractivity contribution in [3.63, 3.8) is 0 Å². The van der Waals surface area contributed by atoms with Crippen molar-refractivity contribution in [3.05, 3.63) is 194 Å². The van der Waals surface area contributed by atoms with Crippen molar-refractivity contribution in [2.24, 2.45) is 0 Å². The van der Waals surface area contributed by atoms with E-state index in [1.807, 2.05) is 0 Å². The zero-order valence-electron chi connectivity index (χ0n) is 27.9. The van der Waals surface area contributed by atoms with Gasteiger partial charge in [-0.3, -0.25) is 4.57 Å². The van der Waals surface area contributed by atoms with Crippen LogP contribution in [-0.4, -0.2) is 9.55 Å². The van der Waals surface area contributed by atoms with Crippen LogP contribution in [0.4, 0.5) is 0 Å². The summed E-state index contributed by atoms with van der Waals surface area (Å²) in [6, 6.07) is 69.9. The van der Waals surface area contributed by atoms with E-state index in [9.17, 15) is 0 Å². The smallest absolute Gasteiger partial charge is 0.145 e. The maximum Gasteiger partial charge on any atom is 0.145 e. The summed E-state index contributed by atoms with van der Waals surface area (Å²) in [7, 11) is 0. The molecule has 51 heavy (non-hydrogen) atoms. The van der Waals surface area contributed by atoms with Crippen molar-refractivity contribution in [1.82, 2.24) is 9.55 Å². The van der Waals surface area contributed by atoms with Crippen LogP contribution in [0.15, 0.2) is 194 Å². The number of nitrogens with zero attached hydrogens (tertiary/aromatic N) is 2. The van der Waals surface area contributed by atoms with Crippen molar-refractivity contribution in [3.8, 4) is 50.5 Å². The third-order valence-corrected chi connectivity index (χ3v) is 10.2. The molecule has 0 aliphatic rings. The molecule has 2 nitrogen and oxygen atoms in total. The normalized spacial score (nSPS) is 11.5. The molecule has 1 aromatic heterocycles. The Labute approximate surface area is 296 Å². The molecule has 2 heteroatoms. The Morgan fingerprint density at radius 3 is 1.73 bits per heavy atom. The molecule has 0 radical (unpaired) electrons. The highest BCUT2D eigenvalue weighted by Crippen LogP contribution is 2.46. The predicted molar refractivity (Wildman–Crippen MR) is 215 cm³/mol. The molecule has 0 spiro atoms. The number of fused-ring (bicyclic) bond motifs is 4. The van der Waals surface area contributed by atoms with Crippen molar-refractivity contribution in [2.45, 2.75) is 0 Å².